The number of carbonyl (C=O) groups excluding carboxylic acids is 1. The molecule has 7 heteroatoms. The summed E-state index contributed by atoms with van der Waals surface area (Å²) in [5, 5.41) is 24.0. The first kappa shape index (κ1) is 16.9. The number of nitriles is 1. The number of aromatic nitrogens is 4. The van der Waals surface area contributed by atoms with Gasteiger partial charge in [0, 0.05) is 24.1 Å². The second-order valence-electron chi connectivity index (χ2n) is 6.49. The molecule has 0 bridgehead atoms. The van der Waals surface area contributed by atoms with E-state index in [9.17, 15) is 4.79 Å². The summed E-state index contributed by atoms with van der Waals surface area (Å²) in [6.45, 7) is 0.690. The molecular formula is C20H18N6O. The molecule has 0 saturated carbocycles. The molecule has 0 fully saturated rings. The third-order valence-electron chi connectivity index (χ3n) is 4.79. The molecule has 0 aliphatic carbocycles. The zero-order valence-electron chi connectivity index (χ0n) is 14.7. The predicted octanol–water partition coefficient (Wildman–Crippen LogP) is 2.65. The Morgan fingerprint density at radius 2 is 2.07 bits per heavy atom. The van der Waals surface area contributed by atoms with Crippen LogP contribution in [-0.4, -0.2) is 32.8 Å². The van der Waals surface area contributed by atoms with Crippen molar-refractivity contribution < 1.29 is 4.79 Å². The minimum Gasteiger partial charge on any atom is -0.297 e. The molecule has 1 aliphatic rings. The number of nitrogens with one attached hydrogen (secondary N) is 1. The van der Waals surface area contributed by atoms with Gasteiger partial charge in [0.15, 0.2) is 0 Å². The maximum atomic E-state index is 12.8. The Balaban J connectivity index is 1.50. The van der Waals surface area contributed by atoms with Gasteiger partial charge in [-0.3, -0.25) is 14.8 Å². The number of benzene rings is 1. The summed E-state index contributed by atoms with van der Waals surface area (Å²) in [4.78, 5) is 14.6. The fourth-order valence-corrected chi connectivity index (χ4v) is 3.39. The molecule has 4 rings (SSSR count). The minimum atomic E-state index is 0.0726. The molecule has 0 radical (unpaired) electrons. The summed E-state index contributed by atoms with van der Waals surface area (Å²) in [6, 6.07) is 11.3. The van der Waals surface area contributed by atoms with Gasteiger partial charge in [0.2, 0.25) is 5.91 Å². The maximum Gasteiger partial charge on any atom is 0.228 e. The van der Waals surface area contributed by atoms with Gasteiger partial charge in [-0.1, -0.05) is 12.1 Å². The molecule has 3 heterocycles. The quantitative estimate of drug-likeness (QED) is 0.773. The largest absolute Gasteiger partial charge is 0.297 e. The highest BCUT2D eigenvalue weighted by Crippen LogP contribution is 2.33. The lowest BCUT2D eigenvalue weighted by Crippen LogP contribution is -2.35. The number of hydrogen-bond acceptors (Lipinski definition) is 5. The first-order valence-corrected chi connectivity index (χ1v) is 8.90. The van der Waals surface area contributed by atoms with Crippen molar-refractivity contribution in [2.45, 2.75) is 25.7 Å². The topological polar surface area (TPSA) is 98.6 Å². The fourth-order valence-electron chi connectivity index (χ4n) is 3.39. The second kappa shape index (κ2) is 7.38. The summed E-state index contributed by atoms with van der Waals surface area (Å²) in [6.07, 6.45) is 6.16. The molecule has 1 aromatic carbocycles. The van der Waals surface area contributed by atoms with Gasteiger partial charge in [-0.25, -0.2) is 0 Å². The number of rotatable bonds is 4. The Labute approximate surface area is 156 Å². The standard InChI is InChI=1S/C20H18N6O/c21-12-15-5-3-14(4-6-15)7-8-18(27)26-11-1-2-17-19(24-25-20(17)26)16-9-10-22-23-13-16/h3-6,9-10,13H,1-2,7-8,11H2,(H,24,25). The molecule has 1 amide bonds. The van der Waals surface area contributed by atoms with Crippen LogP contribution in [0.15, 0.2) is 42.7 Å². The third kappa shape index (κ3) is 3.42. The smallest absolute Gasteiger partial charge is 0.228 e. The molecule has 27 heavy (non-hydrogen) atoms. The number of anilines is 1. The van der Waals surface area contributed by atoms with E-state index in [0.29, 0.717) is 24.9 Å². The minimum absolute atomic E-state index is 0.0726. The summed E-state index contributed by atoms with van der Waals surface area (Å²) in [7, 11) is 0. The Morgan fingerprint density at radius 1 is 1.22 bits per heavy atom. The highest BCUT2D eigenvalue weighted by Gasteiger charge is 2.27. The molecule has 7 nitrogen and oxygen atoms in total. The number of aryl methyl sites for hydroxylation is 1. The predicted molar refractivity (Wildman–Crippen MR) is 99.8 cm³/mol. The van der Waals surface area contributed by atoms with E-state index < -0.39 is 0 Å². The van der Waals surface area contributed by atoms with Crippen molar-refractivity contribution >= 4 is 11.7 Å². The zero-order valence-corrected chi connectivity index (χ0v) is 14.7. The Kier molecular flexibility index (Phi) is 4.62. The summed E-state index contributed by atoms with van der Waals surface area (Å²) >= 11 is 0. The molecule has 0 atom stereocenters. The maximum absolute atomic E-state index is 12.8. The molecular weight excluding hydrogens is 340 g/mol. The molecule has 134 valence electrons. The van der Waals surface area contributed by atoms with Crippen LogP contribution in [0.3, 0.4) is 0 Å². The molecule has 0 saturated heterocycles. The highest BCUT2D eigenvalue weighted by atomic mass is 16.2. The van der Waals surface area contributed by atoms with E-state index >= 15 is 0 Å². The number of H-pyrrole nitrogens is 1. The van der Waals surface area contributed by atoms with Gasteiger partial charge in [0.1, 0.15) is 5.82 Å². The van der Waals surface area contributed by atoms with Crippen LogP contribution in [0.2, 0.25) is 0 Å². The number of fused-ring (bicyclic) bond motifs is 1. The van der Waals surface area contributed by atoms with E-state index in [2.05, 4.69) is 26.5 Å². The van der Waals surface area contributed by atoms with Gasteiger partial charge in [-0.2, -0.15) is 20.6 Å². The van der Waals surface area contributed by atoms with Crippen molar-refractivity contribution in [2.24, 2.45) is 0 Å². The van der Waals surface area contributed by atoms with E-state index in [-0.39, 0.29) is 5.91 Å². The normalized spacial score (nSPS) is 13.1. The SMILES string of the molecule is N#Cc1ccc(CCC(=O)N2CCCc3c(-c4ccnnc4)n[nH]c32)cc1. The molecule has 1 aliphatic heterocycles. The van der Waals surface area contributed by atoms with Gasteiger partial charge >= 0.3 is 0 Å². The van der Waals surface area contributed by atoms with E-state index in [4.69, 9.17) is 5.26 Å². The number of aromatic amines is 1. The van der Waals surface area contributed by atoms with Crippen LogP contribution in [-0.2, 0) is 17.6 Å². The molecule has 0 unspecified atom stereocenters. The Bertz CT molecular complexity index is 988. The molecule has 3 aromatic rings. The highest BCUT2D eigenvalue weighted by molar-refractivity contribution is 5.94. The fraction of sp³-hybridized carbons (Fsp3) is 0.250. The summed E-state index contributed by atoms with van der Waals surface area (Å²) < 4.78 is 0. The van der Waals surface area contributed by atoms with Crippen LogP contribution < -0.4 is 4.90 Å². The number of hydrogen-bond donors (Lipinski definition) is 1. The van der Waals surface area contributed by atoms with Gasteiger partial charge in [-0.15, -0.1) is 0 Å². The molecule has 2 aromatic heterocycles. The van der Waals surface area contributed by atoms with Crippen LogP contribution in [0.25, 0.3) is 11.3 Å². The van der Waals surface area contributed by atoms with Crippen LogP contribution in [0.1, 0.15) is 29.5 Å². The van der Waals surface area contributed by atoms with Gasteiger partial charge in [0.25, 0.3) is 0 Å². The lowest BCUT2D eigenvalue weighted by atomic mass is 10.0. The van der Waals surface area contributed by atoms with Crippen molar-refractivity contribution in [1.29, 1.82) is 5.26 Å². The van der Waals surface area contributed by atoms with E-state index in [0.717, 1.165) is 41.0 Å². The van der Waals surface area contributed by atoms with E-state index in [1.54, 1.807) is 29.4 Å². The van der Waals surface area contributed by atoms with Crippen LogP contribution in [0, 0.1) is 11.3 Å². The Morgan fingerprint density at radius 3 is 2.81 bits per heavy atom. The first-order valence-electron chi connectivity index (χ1n) is 8.90. The van der Waals surface area contributed by atoms with Crippen molar-refractivity contribution in [3.05, 3.63) is 59.4 Å². The third-order valence-corrected chi connectivity index (χ3v) is 4.79. The second-order valence-corrected chi connectivity index (χ2v) is 6.49. The van der Waals surface area contributed by atoms with Gasteiger partial charge in [-0.05, 0) is 43.0 Å². The van der Waals surface area contributed by atoms with Gasteiger partial charge in [0.05, 0.1) is 29.7 Å². The monoisotopic (exact) mass is 358 g/mol. The van der Waals surface area contributed by atoms with Crippen molar-refractivity contribution in [3.8, 4) is 17.3 Å². The summed E-state index contributed by atoms with van der Waals surface area (Å²) in [5.41, 5.74) is 4.47. The van der Waals surface area contributed by atoms with Crippen molar-refractivity contribution in [1.82, 2.24) is 20.4 Å². The first-order chi connectivity index (χ1) is 13.3. The van der Waals surface area contributed by atoms with Crippen LogP contribution in [0.4, 0.5) is 5.82 Å². The lowest BCUT2D eigenvalue weighted by Gasteiger charge is -2.26. The average Bonchev–Trinajstić information content (AvgIpc) is 3.17. The molecule has 1 N–H and O–H groups in total. The number of carbonyl (C=O) groups is 1. The lowest BCUT2D eigenvalue weighted by molar-refractivity contribution is -0.118. The molecule has 0 spiro atoms. The van der Waals surface area contributed by atoms with E-state index in [1.807, 2.05) is 18.2 Å². The van der Waals surface area contributed by atoms with Gasteiger partial charge < -0.3 is 0 Å². The number of nitrogens with zero attached hydrogens (tertiary/aromatic N) is 5. The van der Waals surface area contributed by atoms with Crippen LogP contribution in [0.5, 0.6) is 0 Å². The van der Waals surface area contributed by atoms with Crippen molar-refractivity contribution in [3.63, 3.8) is 0 Å². The van der Waals surface area contributed by atoms with Crippen LogP contribution >= 0.6 is 0 Å². The van der Waals surface area contributed by atoms with Crippen molar-refractivity contribution in [2.75, 3.05) is 11.4 Å². The number of amides is 1. The Hall–Kier alpha value is -3.53. The van der Waals surface area contributed by atoms with E-state index in [1.165, 1.54) is 0 Å². The average molecular weight is 358 g/mol. The zero-order chi connectivity index (χ0) is 18.6. The summed E-state index contributed by atoms with van der Waals surface area (Å²) in [5.74, 6) is 0.862.